The Bertz CT molecular complexity index is 490. The van der Waals surface area contributed by atoms with Crippen molar-refractivity contribution in [3.8, 4) is 6.07 Å². The molecule has 0 radical (unpaired) electrons. The fraction of sp³-hybridized carbons (Fsp3) is 0.588. The van der Waals surface area contributed by atoms with Crippen molar-refractivity contribution in [3.63, 3.8) is 0 Å². The third kappa shape index (κ3) is 3.75. The van der Waals surface area contributed by atoms with Gasteiger partial charge in [-0.1, -0.05) is 44.4 Å². The normalized spacial score (nSPS) is 22.8. The lowest BCUT2D eigenvalue weighted by Gasteiger charge is -2.35. The van der Waals surface area contributed by atoms with Gasteiger partial charge in [-0.15, -0.1) is 0 Å². The van der Waals surface area contributed by atoms with Crippen LogP contribution in [0.5, 0.6) is 0 Å². The molecule has 2 rings (SSSR count). The summed E-state index contributed by atoms with van der Waals surface area (Å²) in [6.45, 7) is 5.43. The number of rotatable bonds is 4. The fourth-order valence-corrected chi connectivity index (χ4v) is 3.46. The summed E-state index contributed by atoms with van der Waals surface area (Å²) < 4.78 is 0. The zero-order valence-corrected chi connectivity index (χ0v) is 13.1. The van der Waals surface area contributed by atoms with Crippen LogP contribution >= 0.6 is 11.6 Å². The van der Waals surface area contributed by atoms with E-state index in [0.717, 1.165) is 23.9 Å². The lowest BCUT2D eigenvalue weighted by atomic mass is 9.78. The molecule has 2 nitrogen and oxygen atoms in total. The number of hydrogen-bond donors (Lipinski definition) is 1. The summed E-state index contributed by atoms with van der Waals surface area (Å²) >= 11 is 6.23. The van der Waals surface area contributed by atoms with Crippen molar-refractivity contribution in [2.75, 3.05) is 0 Å². The zero-order chi connectivity index (χ0) is 14.5. The molecule has 0 aromatic heterocycles. The molecule has 0 aliphatic heterocycles. The average Bonchev–Trinajstić information content (AvgIpc) is 2.46. The molecular formula is C17H23ClN2. The maximum Gasteiger partial charge on any atom is 0.0992 e. The molecule has 3 heteroatoms. The Morgan fingerprint density at radius 2 is 2.10 bits per heavy atom. The largest absolute Gasteiger partial charge is 0.310 e. The minimum absolute atomic E-state index is 0.593. The van der Waals surface area contributed by atoms with Crippen LogP contribution in [0.25, 0.3) is 0 Å². The van der Waals surface area contributed by atoms with Crippen molar-refractivity contribution in [3.05, 3.63) is 34.3 Å². The SMILES string of the molecule is CC(C)C1CCCCC1NCc1ccc(C#N)cc1Cl. The molecule has 0 spiro atoms. The molecule has 2 atom stereocenters. The highest BCUT2D eigenvalue weighted by Gasteiger charge is 2.26. The summed E-state index contributed by atoms with van der Waals surface area (Å²) in [6.07, 6.45) is 5.27. The Hall–Kier alpha value is -1.04. The quantitative estimate of drug-likeness (QED) is 0.885. The number of benzene rings is 1. The maximum atomic E-state index is 8.86. The first-order valence-corrected chi connectivity index (χ1v) is 7.91. The molecule has 0 amide bonds. The van der Waals surface area contributed by atoms with E-state index in [1.807, 2.05) is 12.1 Å². The second kappa shape index (κ2) is 7.11. The van der Waals surface area contributed by atoms with E-state index < -0.39 is 0 Å². The molecule has 0 heterocycles. The third-order valence-electron chi connectivity index (χ3n) is 4.41. The predicted octanol–water partition coefficient (Wildman–Crippen LogP) is 4.52. The van der Waals surface area contributed by atoms with E-state index in [9.17, 15) is 0 Å². The van der Waals surface area contributed by atoms with E-state index >= 15 is 0 Å². The molecule has 108 valence electrons. The van der Waals surface area contributed by atoms with Gasteiger partial charge in [0.25, 0.3) is 0 Å². The molecule has 1 N–H and O–H groups in total. The van der Waals surface area contributed by atoms with Crippen molar-refractivity contribution in [1.82, 2.24) is 5.32 Å². The second-order valence-electron chi connectivity index (χ2n) is 6.10. The lowest BCUT2D eigenvalue weighted by Crippen LogP contribution is -2.40. The maximum absolute atomic E-state index is 8.86. The average molecular weight is 291 g/mol. The summed E-state index contributed by atoms with van der Waals surface area (Å²) in [4.78, 5) is 0. The first kappa shape index (κ1) is 15.4. The van der Waals surface area contributed by atoms with Crippen LogP contribution in [0.15, 0.2) is 18.2 Å². The van der Waals surface area contributed by atoms with Crippen LogP contribution in [0, 0.1) is 23.2 Å². The Labute approximate surface area is 127 Å². The van der Waals surface area contributed by atoms with Gasteiger partial charge in [0.15, 0.2) is 0 Å². The second-order valence-corrected chi connectivity index (χ2v) is 6.50. The number of nitriles is 1. The smallest absolute Gasteiger partial charge is 0.0992 e. The van der Waals surface area contributed by atoms with Crippen molar-refractivity contribution < 1.29 is 0 Å². The van der Waals surface area contributed by atoms with E-state index in [2.05, 4.69) is 25.2 Å². The molecule has 20 heavy (non-hydrogen) atoms. The van der Waals surface area contributed by atoms with Gasteiger partial charge in [-0.2, -0.15) is 5.26 Å². The summed E-state index contributed by atoms with van der Waals surface area (Å²) in [5.41, 5.74) is 1.70. The van der Waals surface area contributed by atoms with Gasteiger partial charge in [0.1, 0.15) is 0 Å². The molecular weight excluding hydrogens is 268 g/mol. The van der Waals surface area contributed by atoms with Gasteiger partial charge in [-0.05, 0) is 42.4 Å². The van der Waals surface area contributed by atoms with Crippen LogP contribution in [0.3, 0.4) is 0 Å². The van der Waals surface area contributed by atoms with Gasteiger partial charge in [-0.25, -0.2) is 0 Å². The molecule has 1 fully saturated rings. The van der Waals surface area contributed by atoms with Gasteiger partial charge in [-0.3, -0.25) is 0 Å². The number of hydrogen-bond acceptors (Lipinski definition) is 2. The molecule has 1 aromatic rings. The van der Waals surface area contributed by atoms with Crippen LogP contribution < -0.4 is 5.32 Å². The lowest BCUT2D eigenvalue weighted by molar-refractivity contribution is 0.204. The molecule has 0 bridgehead atoms. The standard InChI is InChI=1S/C17H23ClN2/c1-12(2)15-5-3-4-6-17(15)20-11-14-8-7-13(10-19)9-16(14)18/h7-9,12,15,17,20H,3-6,11H2,1-2H3. The van der Waals surface area contributed by atoms with Crippen molar-refractivity contribution in [1.29, 1.82) is 5.26 Å². The zero-order valence-electron chi connectivity index (χ0n) is 12.3. The highest BCUT2D eigenvalue weighted by atomic mass is 35.5. The summed E-state index contributed by atoms with van der Waals surface area (Å²) in [5, 5.41) is 13.2. The summed E-state index contributed by atoms with van der Waals surface area (Å²) in [7, 11) is 0. The number of halogens is 1. The summed E-state index contributed by atoms with van der Waals surface area (Å²) in [6, 6.07) is 8.26. The Kier molecular flexibility index (Phi) is 5.46. The van der Waals surface area contributed by atoms with Gasteiger partial charge in [0.2, 0.25) is 0 Å². The van der Waals surface area contributed by atoms with Gasteiger partial charge < -0.3 is 5.32 Å². The summed E-state index contributed by atoms with van der Waals surface area (Å²) in [5.74, 6) is 1.49. The van der Waals surface area contributed by atoms with E-state index in [4.69, 9.17) is 16.9 Å². The number of nitrogens with zero attached hydrogens (tertiary/aromatic N) is 1. The fourth-order valence-electron chi connectivity index (χ4n) is 3.21. The van der Waals surface area contributed by atoms with Crippen LogP contribution in [0.4, 0.5) is 0 Å². The highest BCUT2D eigenvalue weighted by molar-refractivity contribution is 6.31. The minimum atomic E-state index is 0.593. The third-order valence-corrected chi connectivity index (χ3v) is 4.76. The van der Waals surface area contributed by atoms with Crippen molar-refractivity contribution in [2.24, 2.45) is 11.8 Å². The van der Waals surface area contributed by atoms with Crippen molar-refractivity contribution in [2.45, 2.75) is 52.1 Å². The molecule has 1 aliphatic carbocycles. The molecule has 1 aliphatic rings. The topological polar surface area (TPSA) is 35.8 Å². The highest BCUT2D eigenvalue weighted by Crippen LogP contribution is 2.30. The number of nitrogens with one attached hydrogen (secondary N) is 1. The van der Waals surface area contributed by atoms with Gasteiger partial charge >= 0.3 is 0 Å². The van der Waals surface area contributed by atoms with Gasteiger partial charge in [0, 0.05) is 17.6 Å². The monoisotopic (exact) mass is 290 g/mol. The van der Waals surface area contributed by atoms with Crippen LogP contribution in [0.2, 0.25) is 5.02 Å². The Balaban J connectivity index is 1.99. The molecule has 1 aromatic carbocycles. The Morgan fingerprint density at radius 3 is 2.75 bits per heavy atom. The minimum Gasteiger partial charge on any atom is -0.310 e. The Morgan fingerprint density at radius 1 is 1.35 bits per heavy atom. The van der Waals surface area contributed by atoms with E-state index in [1.54, 1.807) is 6.07 Å². The molecule has 0 saturated heterocycles. The predicted molar refractivity (Wildman–Crippen MR) is 83.6 cm³/mol. The molecule has 1 saturated carbocycles. The first-order chi connectivity index (χ1) is 9.61. The first-order valence-electron chi connectivity index (χ1n) is 7.53. The van der Waals surface area contributed by atoms with Crippen LogP contribution in [0.1, 0.15) is 50.7 Å². The molecule has 2 unspecified atom stereocenters. The van der Waals surface area contributed by atoms with E-state index in [1.165, 1.54) is 25.7 Å². The van der Waals surface area contributed by atoms with Crippen LogP contribution in [-0.4, -0.2) is 6.04 Å². The van der Waals surface area contributed by atoms with Crippen LogP contribution in [-0.2, 0) is 6.54 Å². The van der Waals surface area contributed by atoms with E-state index in [-0.39, 0.29) is 0 Å². The van der Waals surface area contributed by atoms with Gasteiger partial charge in [0.05, 0.1) is 11.6 Å². The van der Waals surface area contributed by atoms with E-state index in [0.29, 0.717) is 16.6 Å². The van der Waals surface area contributed by atoms with Crippen molar-refractivity contribution >= 4 is 11.6 Å².